The Hall–Kier alpha value is -1.03. The van der Waals surface area contributed by atoms with E-state index in [0.717, 1.165) is 0 Å². The first-order chi connectivity index (χ1) is 5.29. The van der Waals surface area contributed by atoms with Crippen LogP contribution in [0.15, 0.2) is 11.4 Å². The number of carbonyl (C=O) groups excluding carboxylic acids is 1. The molecule has 0 atom stereocenters. The zero-order valence-electron chi connectivity index (χ0n) is 6.29. The molecule has 1 rings (SSSR count). The van der Waals surface area contributed by atoms with Crippen LogP contribution in [0.25, 0.3) is 0 Å². The highest BCUT2D eigenvalue weighted by Crippen LogP contribution is 2.25. The van der Waals surface area contributed by atoms with Crippen molar-refractivity contribution in [2.45, 2.75) is 0 Å². The van der Waals surface area contributed by atoms with Gasteiger partial charge in [-0.15, -0.1) is 11.3 Å². The highest BCUT2D eigenvalue weighted by molar-refractivity contribution is 7.12. The number of ether oxygens (including phenoxy) is 2. The van der Waals surface area contributed by atoms with Crippen molar-refractivity contribution in [2.24, 2.45) is 0 Å². The Morgan fingerprint density at radius 2 is 2.27 bits per heavy atom. The Morgan fingerprint density at radius 3 is 2.82 bits per heavy atom. The van der Waals surface area contributed by atoms with E-state index in [1.165, 1.54) is 25.6 Å². The van der Waals surface area contributed by atoms with E-state index in [2.05, 4.69) is 4.74 Å². The molecule has 0 aliphatic heterocycles. The molecule has 11 heavy (non-hydrogen) atoms. The van der Waals surface area contributed by atoms with Crippen LogP contribution in [-0.2, 0) is 4.74 Å². The largest absolute Gasteiger partial charge is 0.487 e. The Morgan fingerprint density at radius 1 is 1.55 bits per heavy atom. The van der Waals surface area contributed by atoms with E-state index in [1.54, 1.807) is 11.4 Å². The van der Waals surface area contributed by atoms with Gasteiger partial charge >= 0.3 is 5.97 Å². The SMILES string of the molecule is COC(=O)c1ccsc1OC. The minimum absolute atomic E-state index is 0.358. The molecule has 0 N–H and O–H groups in total. The molecule has 60 valence electrons. The summed E-state index contributed by atoms with van der Waals surface area (Å²) in [4.78, 5) is 11.0. The molecular formula is C7H8O3S. The van der Waals surface area contributed by atoms with Crippen molar-refractivity contribution in [1.82, 2.24) is 0 Å². The fourth-order valence-electron chi connectivity index (χ4n) is 0.715. The first-order valence-corrected chi connectivity index (χ1v) is 3.87. The van der Waals surface area contributed by atoms with Crippen LogP contribution in [0, 0.1) is 0 Å². The number of hydrogen-bond donors (Lipinski definition) is 0. The van der Waals surface area contributed by atoms with Gasteiger partial charge in [-0.05, 0) is 11.4 Å². The van der Waals surface area contributed by atoms with E-state index in [0.29, 0.717) is 10.6 Å². The van der Waals surface area contributed by atoms with Crippen LogP contribution in [0.1, 0.15) is 10.4 Å². The van der Waals surface area contributed by atoms with E-state index in [1.807, 2.05) is 0 Å². The van der Waals surface area contributed by atoms with Crippen molar-refractivity contribution in [2.75, 3.05) is 14.2 Å². The number of hydrogen-bond acceptors (Lipinski definition) is 4. The van der Waals surface area contributed by atoms with Gasteiger partial charge in [-0.3, -0.25) is 0 Å². The first-order valence-electron chi connectivity index (χ1n) is 2.99. The predicted molar refractivity (Wildman–Crippen MR) is 42.2 cm³/mol. The topological polar surface area (TPSA) is 35.5 Å². The number of rotatable bonds is 2. The van der Waals surface area contributed by atoms with Crippen LogP contribution in [0.5, 0.6) is 5.06 Å². The van der Waals surface area contributed by atoms with E-state index < -0.39 is 0 Å². The summed E-state index contributed by atoms with van der Waals surface area (Å²) < 4.78 is 9.45. The quantitative estimate of drug-likeness (QED) is 0.635. The highest BCUT2D eigenvalue weighted by Gasteiger charge is 2.12. The molecule has 0 aliphatic rings. The molecule has 1 aromatic heterocycles. The lowest BCUT2D eigenvalue weighted by Crippen LogP contribution is -2.00. The molecule has 0 fully saturated rings. The Bertz CT molecular complexity index is 254. The number of carbonyl (C=O) groups is 1. The molecule has 3 nitrogen and oxygen atoms in total. The van der Waals surface area contributed by atoms with Gasteiger partial charge in [0, 0.05) is 0 Å². The van der Waals surface area contributed by atoms with Gasteiger partial charge in [0.2, 0.25) is 0 Å². The van der Waals surface area contributed by atoms with Crippen molar-refractivity contribution in [3.05, 3.63) is 17.0 Å². The summed E-state index contributed by atoms with van der Waals surface area (Å²) in [5.74, 6) is -0.358. The lowest BCUT2D eigenvalue weighted by Gasteiger charge is -1.98. The molecule has 0 saturated carbocycles. The monoisotopic (exact) mass is 172 g/mol. The first kappa shape index (κ1) is 8.07. The summed E-state index contributed by atoms with van der Waals surface area (Å²) in [6.45, 7) is 0. The van der Waals surface area contributed by atoms with Gasteiger partial charge < -0.3 is 9.47 Å². The molecule has 0 aliphatic carbocycles. The van der Waals surface area contributed by atoms with Crippen molar-refractivity contribution < 1.29 is 14.3 Å². The summed E-state index contributed by atoms with van der Waals surface area (Å²) >= 11 is 1.37. The van der Waals surface area contributed by atoms with E-state index in [-0.39, 0.29) is 5.97 Å². The fraction of sp³-hybridized carbons (Fsp3) is 0.286. The lowest BCUT2D eigenvalue weighted by atomic mass is 10.3. The lowest BCUT2D eigenvalue weighted by molar-refractivity contribution is 0.0598. The van der Waals surface area contributed by atoms with Gasteiger partial charge in [-0.1, -0.05) is 0 Å². The molecule has 0 amide bonds. The van der Waals surface area contributed by atoms with E-state index in [9.17, 15) is 4.79 Å². The molecule has 0 unspecified atom stereocenters. The predicted octanol–water partition coefficient (Wildman–Crippen LogP) is 1.54. The Kier molecular flexibility index (Phi) is 2.48. The third-order valence-electron chi connectivity index (χ3n) is 1.22. The molecular weight excluding hydrogens is 164 g/mol. The van der Waals surface area contributed by atoms with Crippen LogP contribution >= 0.6 is 11.3 Å². The molecule has 4 heteroatoms. The average molecular weight is 172 g/mol. The van der Waals surface area contributed by atoms with Crippen LogP contribution in [-0.4, -0.2) is 20.2 Å². The Labute approximate surface area is 68.6 Å². The number of methoxy groups -OCH3 is 2. The fourth-order valence-corrected chi connectivity index (χ4v) is 1.42. The summed E-state index contributed by atoms with van der Waals surface area (Å²) in [7, 11) is 2.87. The van der Waals surface area contributed by atoms with Crippen molar-refractivity contribution in [3.8, 4) is 5.06 Å². The molecule has 1 heterocycles. The molecule has 1 aromatic rings. The molecule has 0 aromatic carbocycles. The number of thiophene rings is 1. The van der Waals surface area contributed by atoms with E-state index >= 15 is 0 Å². The minimum atomic E-state index is -0.358. The van der Waals surface area contributed by atoms with Gasteiger partial charge in [0.25, 0.3) is 0 Å². The molecule has 0 bridgehead atoms. The van der Waals surface area contributed by atoms with Crippen LogP contribution in [0.4, 0.5) is 0 Å². The summed E-state index contributed by atoms with van der Waals surface area (Å²) in [6.07, 6.45) is 0. The van der Waals surface area contributed by atoms with E-state index in [4.69, 9.17) is 4.74 Å². The van der Waals surface area contributed by atoms with Crippen LogP contribution in [0.2, 0.25) is 0 Å². The van der Waals surface area contributed by atoms with Crippen molar-refractivity contribution >= 4 is 17.3 Å². The van der Waals surface area contributed by atoms with Crippen LogP contribution in [0.3, 0.4) is 0 Å². The average Bonchev–Trinajstić information content (AvgIpc) is 2.50. The van der Waals surface area contributed by atoms with Crippen molar-refractivity contribution in [1.29, 1.82) is 0 Å². The maximum absolute atomic E-state index is 11.0. The standard InChI is InChI=1S/C7H8O3S/c1-9-6(8)5-3-4-11-7(5)10-2/h3-4H,1-2H3. The summed E-state index contributed by atoms with van der Waals surface area (Å²) in [5, 5.41) is 2.38. The smallest absolute Gasteiger partial charge is 0.342 e. The van der Waals surface area contributed by atoms with Gasteiger partial charge in [-0.2, -0.15) is 0 Å². The summed E-state index contributed by atoms with van der Waals surface area (Å²) in [5.41, 5.74) is 0.486. The zero-order chi connectivity index (χ0) is 8.27. The molecule has 0 spiro atoms. The van der Waals surface area contributed by atoms with Gasteiger partial charge in [-0.25, -0.2) is 4.79 Å². The second kappa shape index (κ2) is 3.39. The van der Waals surface area contributed by atoms with Gasteiger partial charge in [0.05, 0.1) is 14.2 Å². The maximum Gasteiger partial charge on any atom is 0.342 e. The zero-order valence-corrected chi connectivity index (χ0v) is 7.10. The third-order valence-corrected chi connectivity index (χ3v) is 2.09. The second-order valence-electron chi connectivity index (χ2n) is 1.82. The normalized spacial score (nSPS) is 9.27. The minimum Gasteiger partial charge on any atom is -0.487 e. The third kappa shape index (κ3) is 1.51. The van der Waals surface area contributed by atoms with Crippen LogP contribution < -0.4 is 4.74 Å². The number of esters is 1. The summed E-state index contributed by atoms with van der Waals surface area (Å²) in [6, 6.07) is 1.68. The van der Waals surface area contributed by atoms with Gasteiger partial charge in [0.1, 0.15) is 5.56 Å². The second-order valence-corrected chi connectivity index (χ2v) is 2.70. The van der Waals surface area contributed by atoms with Gasteiger partial charge in [0.15, 0.2) is 5.06 Å². The van der Waals surface area contributed by atoms with Crippen molar-refractivity contribution in [3.63, 3.8) is 0 Å². The molecule has 0 saturated heterocycles. The molecule has 0 radical (unpaired) electrons. The highest BCUT2D eigenvalue weighted by atomic mass is 32.1. The maximum atomic E-state index is 11.0. The Balaban J connectivity index is 2.92.